The van der Waals surface area contributed by atoms with Crippen molar-refractivity contribution in [1.82, 2.24) is 9.78 Å². The predicted molar refractivity (Wildman–Crippen MR) is 110 cm³/mol. The molecule has 1 aliphatic heterocycles. The lowest BCUT2D eigenvalue weighted by Crippen LogP contribution is -2.23. The molecular weight excluding hydrogens is 390 g/mol. The van der Waals surface area contributed by atoms with Gasteiger partial charge in [0.1, 0.15) is 11.6 Å². The number of carbonyl (C=O) groups excluding carboxylic acids is 1. The number of rotatable bonds is 5. The Morgan fingerprint density at radius 1 is 1.10 bits per heavy atom. The van der Waals surface area contributed by atoms with Gasteiger partial charge in [0.05, 0.1) is 22.9 Å². The molecule has 1 aliphatic rings. The summed E-state index contributed by atoms with van der Waals surface area (Å²) in [6.45, 7) is 3.71. The van der Waals surface area contributed by atoms with E-state index in [-0.39, 0.29) is 24.0 Å². The Kier molecular flexibility index (Phi) is 4.87. The van der Waals surface area contributed by atoms with Crippen molar-refractivity contribution in [3.8, 4) is 11.4 Å². The molecule has 0 saturated heterocycles. The highest BCUT2D eigenvalue weighted by Crippen LogP contribution is 2.33. The summed E-state index contributed by atoms with van der Waals surface area (Å²) in [6, 6.07) is 15.1. The molecule has 0 radical (unpaired) electrons. The van der Waals surface area contributed by atoms with E-state index in [1.807, 2.05) is 56.3 Å². The zero-order valence-corrected chi connectivity index (χ0v) is 17.0. The van der Waals surface area contributed by atoms with Crippen molar-refractivity contribution in [3.63, 3.8) is 0 Å². The van der Waals surface area contributed by atoms with E-state index in [4.69, 9.17) is 4.74 Å². The summed E-state index contributed by atoms with van der Waals surface area (Å²) in [7, 11) is -3.25. The van der Waals surface area contributed by atoms with E-state index < -0.39 is 9.84 Å². The minimum Gasteiger partial charge on any atom is -0.484 e. The van der Waals surface area contributed by atoms with Gasteiger partial charge in [-0.3, -0.25) is 4.79 Å². The summed E-state index contributed by atoms with van der Waals surface area (Å²) < 4.78 is 31.2. The van der Waals surface area contributed by atoms with Gasteiger partial charge in [-0.1, -0.05) is 24.3 Å². The Bertz CT molecular complexity index is 1200. The minimum absolute atomic E-state index is 0.121. The molecule has 7 nitrogen and oxygen atoms in total. The van der Waals surface area contributed by atoms with Crippen molar-refractivity contribution in [2.24, 2.45) is 0 Å². The van der Waals surface area contributed by atoms with Gasteiger partial charge in [0.2, 0.25) is 0 Å². The molecule has 4 rings (SSSR count). The molecule has 29 heavy (non-hydrogen) atoms. The van der Waals surface area contributed by atoms with E-state index >= 15 is 0 Å². The molecule has 0 unspecified atom stereocenters. The smallest absolute Gasteiger partial charge is 0.263 e. The number of fused-ring (bicyclic) bond motifs is 1. The summed E-state index contributed by atoms with van der Waals surface area (Å²) in [5, 5.41) is 7.27. The van der Waals surface area contributed by atoms with Crippen LogP contribution in [0.3, 0.4) is 0 Å². The minimum atomic E-state index is -3.25. The lowest BCUT2D eigenvalue weighted by molar-refractivity contribution is -0.118. The average Bonchev–Trinajstić information content (AvgIpc) is 3.13. The summed E-state index contributed by atoms with van der Waals surface area (Å²) in [4.78, 5) is 12.6. The molecule has 0 bridgehead atoms. The first-order valence-electron chi connectivity index (χ1n) is 9.18. The Balaban J connectivity index is 1.61. The summed E-state index contributed by atoms with van der Waals surface area (Å²) in [6.07, 6.45) is 0. The second-order valence-corrected chi connectivity index (χ2v) is 9.27. The van der Waals surface area contributed by atoms with Crippen molar-refractivity contribution in [2.75, 3.05) is 11.9 Å². The predicted octanol–water partition coefficient (Wildman–Crippen LogP) is 2.94. The second-order valence-electron chi connectivity index (χ2n) is 7.21. The van der Waals surface area contributed by atoms with Crippen LogP contribution in [0.1, 0.15) is 22.4 Å². The van der Waals surface area contributed by atoms with E-state index in [1.54, 1.807) is 10.7 Å². The molecule has 8 heteroatoms. The monoisotopic (exact) mass is 411 g/mol. The number of nitrogens with one attached hydrogen (secondary N) is 1. The molecule has 1 amide bonds. The van der Waals surface area contributed by atoms with Crippen molar-refractivity contribution >= 4 is 21.6 Å². The van der Waals surface area contributed by atoms with Gasteiger partial charge in [-0.2, -0.15) is 5.10 Å². The van der Waals surface area contributed by atoms with Gasteiger partial charge in [-0.25, -0.2) is 13.1 Å². The van der Waals surface area contributed by atoms with Crippen molar-refractivity contribution in [3.05, 3.63) is 70.9 Å². The van der Waals surface area contributed by atoms with Crippen molar-refractivity contribution in [1.29, 1.82) is 0 Å². The van der Waals surface area contributed by atoms with E-state index in [2.05, 4.69) is 10.4 Å². The maximum atomic E-state index is 12.6. The van der Waals surface area contributed by atoms with Gasteiger partial charge in [0.15, 0.2) is 16.4 Å². The number of amides is 1. The van der Waals surface area contributed by atoms with Crippen molar-refractivity contribution < 1.29 is 17.9 Å². The quantitative estimate of drug-likeness (QED) is 0.697. The molecule has 2 aromatic carbocycles. The highest BCUT2D eigenvalue weighted by molar-refractivity contribution is 7.90. The number of benzene rings is 2. The summed E-state index contributed by atoms with van der Waals surface area (Å²) in [5.74, 6) is 0.337. The number of hydrogen-bond donors (Lipinski definition) is 1. The first-order chi connectivity index (χ1) is 13.8. The van der Waals surface area contributed by atoms with Crippen LogP contribution in [0.15, 0.2) is 48.5 Å². The zero-order valence-electron chi connectivity index (χ0n) is 16.2. The second kappa shape index (κ2) is 7.36. The van der Waals surface area contributed by atoms with Crippen LogP contribution in [0.2, 0.25) is 0 Å². The van der Waals surface area contributed by atoms with Gasteiger partial charge >= 0.3 is 0 Å². The van der Waals surface area contributed by atoms with Gasteiger partial charge < -0.3 is 10.1 Å². The number of sulfone groups is 1. The number of aromatic nitrogens is 2. The third-order valence-corrected chi connectivity index (χ3v) is 6.09. The first kappa shape index (κ1) is 19.2. The highest BCUT2D eigenvalue weighted by Gasteiger charge is 2.33. The first-order valence-corrected chi connectivity index (χ1v) is 11.0. The molecule has 0 aliphatic carbocycles. The van der Waals surface area contributed by atoms with Crippen LogP contribution in [0.5, 0.6) is 5.75 Å². The third-order valence-electron chi connectivity index (χ3n) is 4.65. The Hall–Kier alpha value is -3.13. The number of anilines is 1. The molecule has 0 atom stereocenters. The average molecular weight is 411 g/mol. The lowest BCUT2D eigenvalue weighted by atomic mass is 10.2. The molecule has 3 aromatic rings. The Morgan fingerprint density at radius 3 is 2.55 bits per heavy atom. The van der Waals surface area contributed by atoms with Crippen LogP contribution < -0.4 is 10.1 Å². The van der Waals surface area contributed by atoms with E-state index in [9.17, 15) is 13.2 Å². The van der Waals surface area contributed by atoms with Gasteiger partial charge in [-0.15, -0.1) is 0 Å². The van der Waals surface area contributed by atoms with Crippen LogP contribution in [-0.2, 0) is 26.1 Å². The molecule has 2 heterocycles. The number of ether oxygens (including phenoxy) is 1. The Labute approximate surface area is 169 Å². The third kappa shape index (κ3) is 4.17. The summed E-state index contributed by atoms with van der Waals surface area (Å²) in [5.41, 5.74) is 3.83. The maximum absolute atomic E-state index is 12.6. The van der Waals surface area contributed by atoms with E-state index in [0.717, 1.165) is 16.8 Å². The number of hydrogen-bond acceptors (Lipinski definition) is 5. The largest absolute Gasteiger partial charge is 0.484 e. The number of aryl methyl sites for hydroxylation is 2. The van der Waals surface area contributed by atoms with Crippen molar-refractivity contribution in [2.45, 2.75) is 25.4 Å². The van der Waals surface area contributed by atoms with Crippen LogP contribution >= 0.6 is 0 Å². The van der Waals surface area contributed by atoms with E-state index in [1.165, 1.54) is 0 Å². The maximum Gasteiger partial charge on any atom is 0.263 e. The van der Waals surface area contributed by atoms with Crippen LogP contribution in [0.4, 0.5) is 5.82 Å². The van der Waals surface area contributed by atoms with Gasteiger partial charge in [-0.05, 0) is 49.2 Å². The molecule has 0 spiro atoms. The number of nitrogens with zero attached hydrogens (tertiary/aromatic N) is 2. The highest BCUT2D eigenvalue weighted by atomic mass is 32.2. The molecule has 0 fully saturated rings. The lowest BCUT2D eigenvalue weighted by Gasteiger charge is -2.12. The van der Waals surface area contributed by atoms with Crippen LogP contribution in [-0.4, -0.2) is 30.7 Å². The normalized spacial score (nSPS) is 14.4. The molecule has 150 valence electrons. The number of carbonyl (C=O) groups is 1. The molecule has 0 saturated carbocycles. The Morgan fingerprint density at radius 2 is 1.83 bits per heavy atom. The standard InChI is InChI=1S/C21H21N3O4S/c1-14-5-3-7-16(9-14)24-21(18-12-29(26,27)13-19(18)23-24)22-20(25)11-28-17-8-4-6-15(2)10-17/h3-10H,11-13H2,1-2H3,(H,22,25). The van der Waals surface area contributed by atoms with E-state index in [0.29, 0.717) is 22.8 Å². The summed E-state index contributed by atoms with van der Waals surface area (Å²) >= 11 is 0. The zero-order chi connectivity index (χ0) is 20.6. The van der Waals surface area contributed by atoms with Crippen LogP contribution in [0.25, 0.3) is 5.69 Å². The molecule has 1 N–H and O–H groups in total. The fourth-order valence-corrected chi connectivity index (χ4v) is 4.83. The van der Waals surface area contributed by atoms with Gasteiger partial charge in [0.25, 0.3) is 5.91 Å². The SMILES string of the molecule is Cc1cccc(OCC(=O)Nc2c3c(nn2-c2cccc(C)c2)CS(=O)(=O)C3)c1. The topological polar surface area (TPSA) is 90.3 Å². The van der Waals surface area contributed by atoms with Crippen LogP contribution in [0, 0.1) is 13.8 Å². The fourth-order valence-electron chi connectivity index (χ4n) is 3.34. The molecule has 1 aromatic heterocycles. The van der Waals surface area contributed by atoms with Gasteiger partial charge in [0, 0.05) is 5.56 Å². The molecular formula is C21H21N3O4S. The fraction of sp³-hybridized carbons (Fsp3) is 0.238.